The smallest absolute Gasteiger partial charge is 0.243 e. The maximum atomic E-state index is 11.3. The zero-order chi connectivity index (χ0) is 13.2. The van der Waals surface area contributed by atoms with Crippen molar-refractivity contribution in [2.24, 2.45) is 5.14 Å². The summed E-state index contributed by atoms with van der Waals surface area (Å²) in [4.78, 5) is 3.72. The molecule has 0 aliphatic rings. The fraction of sp³-hybridized carbons (Fsp3) is 0. The Kier molecular flexibility index (Phi) is 3.65. The monoisotopic (exact) mass is 328 g/mol. The summed E-state index contributed by atoms with van der Waals surface area (Å²) in [6, 6.07) is 9.74. The maximum Gasteiger partial charge on any atom is 0.243 e. The minimum Gasteiger partial charge on any atom is -0.438 e. The molecule has 1 heterocycles. The second-order valence-corrected chi connectivity index (χ2v) is 5.85. The molecule has 0 atom stereocenters. The lowest BCUT2D eigenvalue weighted by Gasteiger charge is -2.08. The van der Waals surface area contributed by atoms with Crippen LogP contribution in [0.4, 0.5) is 0 Å². The molecule has 5 nitrogen and oxygen atoms in total. The lowest BCUT2D eigenvalue weighted by Crippen LogP contribution is -2.13. The van der Waals surface area contributed by atoms with E-state index in [1.165, 1.54) is 18.3 Å². The summed E-state index contributed by atoms with van der Waals surface area (Å²) in [5.74, 6) is 0.434. The number of primary sulfonamides is 1. The van der Waals surface area contributed by atoms with Gasteiger partial charge in [0.2, 0.25) is 15.9 Å². The van der Waals surface area contributed by atoms with Gasteiger partial charge in [0.25, 0.3) is 0 Å². The van der Waals surface area contributed by atoms with Crippen molar-refractivity contribution in [2.75, 3.05) is 0 Å². The van der Waals surface area contributed by atoms with Gasteiger partial charge in [-0.25, -0.2) is 18.5 Å². The molecular formula is C11H9BrN2O3S. The number of hydrogen-bond acceptors (Lipinski definition) is 4. The van der Waals surface area contributed by atoms with E-state index in [0.717, 1.165) is 4.47 Å². The zero-order valence-electron chi connectivity index (χ0n) is 9.08. The number of pyridine rings is 1. The minimum atomic E-state index is -3.86. The van der Waals surface area contributed by atoms with E-state index in [1.54, 1.807) is 24.3 Å². The Morgan fingerprint density at radius 1 is 1.17 bits per heavy atom. The highest BCUT2D eigenvalue weighted by molar-refractivity contribution is 9.10. The van der Waals surface area contributed by atoms with Crippen LogP contribution in [-0.2, 0) is 10.0 Å². The van der Waals surface area contributed by atoms with Crippen molar-refractivity contribution in [3.8, 4) is 11.6 Å². The summed E-state index contributed by atoms with van der Waals surface area (Å²) in [5, 5.41) is 5.08. The van der Waals surface area contributed by atoms with E-state index in [9.17, 15) is 8.42 Å². The lowest BCUT2D eigenvalue weighted by atomic mass is 10.3. The molecule has 0 spiro atoms. The first kappa shape index (κ1) is 13.0. The van der Waals surface area contributed by atoms with Crippen molar-refractivity contribution in [1.82, 2.24) is 4.98 Å². The van der Waals surface area contributed by atoms with Gasteiger partial charge in [0, 0.05) is 10.7 Å². The van der Waals surface area contributed by atoms with Gasteiger partial charge in [-0.15, -0.1) is 0 Å². The third-order valence-corrected chi connectivity index (χ3v) is 3.52. The molecule has 2 aromatic rings. The van der Waals surface area contributed by atoms with Gasteiger partial charge in [-0.1, -0.05) is 15.9 Å². The second kappa shape index (κ2) is 5.05. The number of ether oxygens (including phenoxy) is 1. The summed E-state index contributed by atoms with van der Waals surface area (Å²) in [7, 11) is -3.86. The first-order chi connectivity index (χ1) is 8.47. The lowest BCUT2D eigenvalue weighted by molar-refractivity contribution is 0.447. The standard InChI is InChI=1S/C11H9BrN2O3S/c12-8-3-5-9(6-4-8)17-11-10(18(13,15)16)2-1-7-14-11/h1-7H,(H2,13,15,16). The van der Waals surface area contributed by atoms with E-state index < -0.39 is 10.0 Å². The Labute approximate surface area is 113 Å². The van der Waals surface area contributed by atoms with Crippen LogP contribution < -0.4 is 9.88 Å². The number of sulfonamides is 1. The summed E-state index contributed by atoms with van der Waals surface area (Å²) < 4.78 is 29.0. The van der Waals surface area contributed by atoms with Crippen molar-refractivity contribution < 1.29 is 13.2 Å². The van der Waals surface area contributed by atoms with Crippen LogP contribution in [-0.4, -0.2) is 13.4 Å². The molecule has 94 valence electrons. The number of nitrogens with zero attached hydrogens (tertiary/aromatic N) is 1. The number of halogens is 1. The van der Waals surface area contributed by atoms with Crippen molar-refractivity contribution in [3.05, 3.63) is 47.1 Å². The second-order valence-electron chi connectivity index (χ2n) is 3.41. The van der Waals surface area contributed by atoms with Gasteiger partial charge in [0.05, 0.1) is 0 Å². The van der Waals surface area contributed by atoms with Gasteiger partial charge >= 0.3 is 0 Å². The van der Waals surface area contributed by atoms with Crippen LogP contribution in [0.1, 0.15) is 0 Å². The largest absolute Gasteiger partial charge is 0.438 e. The van der Waals surface area contributed by atoms with E-state index in [0.29, 0.717) is 5.75 Å². The Bertz CT molecular complexity index is 656. The van der Waals surface area contributed by atoms with Crippen LogP contribution in [0, 0.1) is 0 Å². The quantitative estimate of drug-likeness (QED) is 0.936. The molecule has 0 radical (unpaired) electrons. The van der Waals surface area contributed by atoms with Crippen molar-refractivity contribution >= 4 is 26.0 Å². The molecule has 0 amide bonds. The van der Waals surface area contributed by atoms with Gasteiger partial charge < -0.3 is 4.74 Å². The number of aromatic nitrogens is 1. The van der Waals surface area contributed by atoms with E-state index in [1.807, 2.05) is 0 Å². The van der Waals surface area contributed by atoms with E-state index in [-0.39, 0.29) is 10.8 Å². The van der Waals surface area contributed by atoms with Gasteiger partial charge in [-0.05, 0) is 36.4 Å². The highest BCUT2D eigenvalue weighted by Crippen LogP contribution is 2.26. The van der Waals surface area contributed by atoms with Crippen LogP contribution in [0.5, 0.6) is 11.6 Å². The third kappa shape index (κ3) is 3.06. The number of hydrogen-bond donors (Lipinski definition) is 1. The molecule has 7 heteroatoms. The van der Waals surface area contributed by atoms with Crippen molar-refractivity contribution in [1.29, 1.82) is 0 Å². The van der Waals surface area contributed by atoms with Crippen LogP contribution in [0.3, 0.4) is 0 Å². The molecule has 0 fully saturated rings. The number of nitrogens with two attached hydrogens (primary N) is 1. The highest BCUT2D eigenvalue weighted by atomic mass is 79.9. The first-order valence-electron chi connectivity index (χ1n) is 4.88. The third-order valence-electron chi connectivity index (χ3n) is 2.07. The molecular weight excluding hydrogens is 320 g/mol. The predicted octanol–water partition coefficient (Wildman–Crippen LogP) is 2.28. The van der Waals surface area contributed by atoms with E-state index in [2.05, 4.69) is 20.9 Å². The fourth-order valence-electron chi connectivity index (χ4n) is 1.28. The van der Waals surface area contributed by atoms with Crippen LogP contribution in [0.2, 0.25) is 0 Å². The molecule has 18 heavy (non-hydrogen) atoms. The maximum absolute atomic E-state index is 11.3. The topological polar surface area (TPSA) is 82.3 Å². The van der Waals surface area contributed by atoms with E-state index in [4.69, 9.17) is 9.88 Å². The summed E-state index contributed by atoms with van der Waals surface area (Å²) >= 11 is 3.29. The predicted molar refractivity (Wildman–Crippen MR) is 69.8 cm³/mol. The molecule has 0 saturated carbocycles. The van der Waals surface area contributed by atoms with Crippen molar-refractivity contribution in [2.45, 2.75) is 4.90 Å². The van der Waals surface area contributed by atoms with Crippen LogP contribution in [0.15, 0.2) is 52.0 Å². The number of rotatable bonds is 3. The molecule has 2 N–H and O–H groups in total. The highest BCUT2D eigenvalue weighted by Gasteiger charge is 2.16. The Morgan fingerprint density at radius 2 is 1.83 bits per heavy atom. The van der Waals surface area contributed by atoms with Crippen LogP contribution >= 0.6 is 15.9 Å². The molecule has 1 aromatic heterocycles. The summed E-state index contributed by atoms with van der Waals surface area (Å²) in [6.45, 7) is 0. The van der Waals surface area contributed by atoms with Gasteiger partial charge in [-0.2, -0.15) is 0 Å². The van der Waals surface area contributed by atoms with Crippen molar-refractivity contribution in [3.63, 3.8) is 0 Å². The molecule has 0 aliphatic heterocycles. The summed E-state index contributed by atoms with van der Waals surface area (Å²) in [6.07, 6.45) is 1.43. The zero-order valence-corrected chi connectivity index (χ0v) is 11.5. The van der Waals surface area contributed by atoms with Gasteiger partial charge in [0.15, 0.2) is 0 Å². The fourth-order valence-corrected chi connectivity index (χ4v) is 2.15. The molecule has 0 aliphatic carbocycles. The van der Waals surface area contributed by atoms with E-state index >= 15 is 0 Å². The minimum absolute atomic E-state index is 0.0395. The number of benzene rings is 1. The molecule has 1 aromatic carbocycles. The SMILES string of the molecule is NS(=O)(=O)c1cccnc1Oc1ccc(Br)cc1. The van der Waals surface area contributed by atoms with Crippen LogP contribution in [0.25, 0.3) is 0 Å². The average Bonchev–Trinajstić information content (AvgIpc) is 2.31. The summed E-state index contributed by atoms with van der Waals surface area (Å²) in [5.41, 5.74) is 0. The Morgan fingerprint density at radius 3 is 2.44 bits per heavy atom. The molecule has 2 rings (SSSR count). The molecule has 0 saturated heterocycles. The Hall–Kier alpha value is -1.44. The first-order valence-corrected chi connectivity index (χ1v) is 7.22. The normalized spacial score (nSPS) is 11.2. The average molecular weight is 329 g/mol. The molecule has 0 bridgehead atoms. The Balaban J connectivity index is 2.38. The molecule has 0 unspecified atom stereocenters. The van der Waals surface area contributed by atoms with Gasteiger partial charge in [0.1, 0.15) is 10.6 Å². The van der Waals surface area contributed by atoms with Gasteiger partial charge in [-0.3, -0.25) is 0 Å².